The molecule has 20 heavy (non-hydrogen) atoms. The Morgan fingerprint density at radius 3 is 2.55 bits per heavy atom. The molecule has 0 fully saturated rings. The van der Waals surface area contributed by atoms with E-state index in [1.54, 1.807) is 32.9 Å². The first-order valence-corrected chi connectivity index (χ1v) is 8.55. The molecule has 2 aromatic heterocycles. The maximum Gasteiger partial charge on any atom is 0.252 e. The first-order valence-electron chi connectivity index (χ1n) is 5.87. The summed E-state index contributed by atoms with van der Waals surface area (Å²) in [6.07, 6.45) is 1.49. The monoisotopic (exact) mass is 331 g/mol. The van der Waals surface area contributed by atoms with Gasteiger partial charge in [-0.2, -0.15) is 0 Å². The zero-order valence-electron chi connectivity index (χ0n) is 11.2. The van der Waals surface area contributed by atoms with E-state index in [2.05, 4.69) is 14.7 Å². The van der Waals surface area contributed by atoms with Crippen molar-refractivity contribution in [3.63, 3.8) is 0 Å². The van der Waals surface area contributed by atoms with Crippen molar-refractivity contribution in [3.05, 3.63) is 39.7 Å². The lowest BCUT2D eigenvalue weighted by Crippen LogP contribution is -2.27. The number of sulfonamides is 1. The molecule has 8 heteroatoms. The van der Waals surface area contributed by atoms with Crippen LogP contribution in [0.5, 0.6) is 0 Å². The lowest BCUT2D eigenvalue weighted by Gasteiger charge is -2.13. The van der Waals surface area contributed by atoms with Crippen LogP contribution < -0.4 is 4.72 Å². The quantitative estimate of drug-likeness (QED) is 0.935. The zero-order valence-corrected chi connectivity index (χ0v) is 13.6. The SMILES string of the molecule is Cc1nc(C)c(S(=O)(=O)N[C@@H](C)c2ccc(Cl)cn2)s1. The molecular formula is C12H14ClN3O2S2. The van der Waals surface area contributed by atoms with Crippen LogP contribution in [0.1, 0.15) is 29.4 Å². The predicted molar refractivity (Wildman–Crippen MR) is 79.6 cm³/mol. The number of halogens is 1. The normalized spacial score (nSPS) is 13.4. The smallest absolute Gasteiger partial charge is 0.252 e. The van der Waals surface area contributed by atoms with E-state index in [0.717, 1.165) is 16.3 Å². The van der Waals surface area contributed by atoms with Gasteiger partial charge in [-0.3, -0.25) is 4.98 Å². The maximum absolute atomic E-state index is 12.3. The Balaban J connectivity index is 2.24. The zero-order chi connectivity index (χ0) is 14.9. The molecule has 1 atom stereocenters. The third-order valence-corrected chi connectivity index (χ3v) is 6.08. The fraction of sp³-hybridized carbons (Fsp3) is 0.333. The van der Waals surface area contributed by atoms with E-state index < -0.39 is 16.1 Å². The average Bonchev–Trinajstić information content (AvgIpc) is 2.69. The van der Waals surface area contributed by atoms with Crippen LogP contribution in [-0.2, 0) is 10.0 Å². The Kier molecular flexibility index (Phi) is 4.43. The summed E-state index contributed by atoms with van der Waals surface area (Å²) in [6.45, 7) is 5.20. The minimum atomic E-state index is -3.59. The molecule has 2 rings (SSSR count). The van der Waals surface area contributed by atoms with Gasteiger partial charge >= 0.3 is 0 Å². The molecule has 1 N–H and O–H groups in total. The Bertz CT molecular complexity index is 711. The second kappa shape index (κ2) is 5.77. The van der Waals surface area contributed by atoms with Crippen molar-refractivity contribution in [2.24, 2.45) is 0 Å². The Morgan fingerprint density at radius 1 is 1.35 bits per heavy atom. The second-order valence-electron chi connectivity index (χ2n) is 4.35. The lowest BCUT2D eigenvalue weighted by molar-refractivity contribution is 0.565. The van der Waals surface area contributed by atoms with E-state index in [4.69, 9.17) is 11.6 Å². The number of hydrogen-bond donors (Lipinski definition) is 1. The van der Waals surface area contributed by atoms with Gasteiger partial charge in [-0.05, 0) is 32.9 Å². The molecule has 0 aliphatic rings. The van der Waals surface area contributed by atoms with Crippen LogP contribution >= 0.6 is 22.9 Å². The Morgan fingerprint density at radius 2 is 2.05 bits per heavy atom. The summed E-state index contributed by atoms with van der Waals surface area (Å²) in [5.41, 5.74) is 1.12. The van der Waals surface area contributed by atoms with E-state index in [1.165, 1.54) is 6.20 Å². The van der Waals surface area contributed by atoms with Gasteiger partial charge in [0.1, 0.15) is 0 Å². The van der Waals surface area contributed by atoms with Crippen LogP contribution in [-0.4, -0.2) is 18.4 Å². The third-order valence-electron chi connectivity index (χ3n) is 2.63. The van der Waals surface area contributed by atoms with Gasteiger partial charge in [-0.1, -0.05) is 11.6 Å². The van der Waals surface area contributed by atoms with Gasteiger partial charge in [-0.25, -0.2) is 18.1 Å². The number of thiazole rings is 1. The topological polar surface area (TPSA) is 72.0 Å². The van der Waals surface area contributed by atoms with Crippen molar-refractivity contribution in [1.82, 2.24) is 14.7 Å². The molecule has 0 unspecified atom stereocenters. The van der Waals surface area contributed by atoms with Gasteiger partial charge in [0.15, 0.2) is 4.21 Å². The standard InChI is InChI=1S/C12H14ClN3O2S2/c1-7(11-5-4-10(13)6-14-11)16-20(17,18)12-8(2)15-9(3)19-12/h4-7,16H,1-3H3/t7-/m0/s1. The van der Waals surface area contributed by atoms with Gasteiger partial charge in [0, 0.05) is 6.20 Å². The highest BCUT2D eigenvalue weighted by molar-refractivity contribution is 7.91. The van der Waals surface area contributed by atoms with Crippen molar-refractivity contribution in [2.45, 2.75) is 31.0 Å². The summed E-state index contributed by atoms with van der Waals surface area (Å²) in [5.74, 6) is 0. The Hall–Kier alpha value is -1.02. The number of nitrogens with zero attached hydrogens (tertiary/aromatic N) is 2. The van der Waals surface area contributed by atoms with Crippen LogP contribution in [0.3, 0.4) is 0 Å². The number of nitrogens with one attached hydrogen (secondary N) is 1. The largest absolute Gasteiger partial charge is 0.258 e. The fourth-order valence-electron chi connectivity index (χ4n) is 1.75. The number of aromatic nitrogens is 2. The molecule has 0 saturated heterocycles. The molecule has 0 spiro atoms. The summed E-state index contributed by atoms with van der Waals surface area (Å²) in [7, 11) is -3.59. The fourth-order valence-corrected chi connectivity index (χ4v) is 4.58. The van der Waals surface area contributed by atoms with E-state index >= 15 is 0 Å². The van der Waals surface area contributed by atoms with Crippen LogP contribution in [0.2, 0.25) is 5.02 Å². The predicted octanol–water partition coefficient (Wildman–Crippen LogP) is 2.85. The molecule has 108 valence electrons. The molecule has 0 radical (unpaired) electrons. The second-order valence-corrected chi connectivity index (χ2v) is 7.90. The van der Waals surface area contributed by atoms with Crippen LogP contribution in [0, 0.1) is 13.8 Å². The minimum absolute atomic E-state index is 0.246. The first-order chi connectivity index (χ1) is 9.29. The van der Waals surface area contributed by atoms with Gasteiger partial charge in [0.25, 0.3) is 10.0 Å². The highest BCUT2D eigenvalue weighted by Crippen LogP contribution is 2.24. The summed E-state index contributed by atoms with van der Waals surface area (Å²) in [5, 5.41) is 1.23. The summed E-state index contributed by atoms with van der Waals surface area (Å²) >= 11 is 6.92. The summed E-state index contributed by atoms with van der Waals surface area (Å²) < 4.78 is 27.5. The van der Waals surface area contributed by atoms with E-state index in [0.29, 0.717) is 16.4 Å². The molecule has 2 heterocycles. The summed E-state index contributed by atoms with van der Waals surface area (Å²) in [6, 6.07) is 2.93. The molecule has 0 amide bonds. The lowest BCUT2D eigenvalue weighted by atomic mass is 10.2. The molecule has 0 aromatic carbocycles. The molecule has 2 aromatic rings. The molecule has 0 bridgehead atoms. The minimum Gasteiger partial charge on any atom is -0.258 e. The van der Waals surface area contributed by atoms with Crippen LogP contribution in [0.25, 0.3) is 0 Å². The van der Waals surface area contributed by atoms with Crippen molar-refractivity contribution in [3.8, 4) is 0 Å². The first kappa shape index (κ1) is 15.4. The Labute approximate surface area is 127 Å². The molecule has 0 aliphatic heterocycles. The van der Waals surface area contributed by atoms with E-state index in [1.807, 2.05) is 0 Å². The van der Waals surface area contributed by atoms with Crippen molar-refractivity contribution < 1.29 is 8.42 Å². The number of aryl methyl sites for hydroxylation is 2. The highest BCUT2D eigenvalue weighted by atomic mass is 35.5. The van der Waals surface area contributed by atoms with Gasteiger partial charge in [0.05, 0.1) is 27.5 Å². The maximum atomic E-state index is 12.3. The van der Waals surface area contributed by atoms with Crippen molar-refractivity contribution in [1.29, 1.82) is 0 Å². The third kappa shape index (κ3) is 3.35. The number of pyridine rings is 1. The van der Waals surface area contributed by atoms with Gasteiger partial charge < -0.3 is 0 Å². The van der Waals surface area contributed by atoms with Crippen molar-refractivity contribution in [2.75, 3.05) is 0 Å². The molecule has 5 nitrogen and oxygen atoms in total. The van der Waals surface area contributed by atoms with Crippen LogP contribution in [0.4, 0.5) is 0 Å². The number of rotatable bonds is 4. The molecular weight excluding hydrogens is 318 g/mol. The average molecular weight is 332 g/mol. The molecule has 0 saturated carbocycles. The van der Waals surface area contributed by atoms with Gasteiger partial charge in [0.2, 0.25) is 0 Å². The van der Waals surface area contributed by atoms with Gasteiger partial charge in [-0.15, -0.1) is 11.3 Å². The van der Waals surface area contributed by atoms with E-state index in [9.17, 15) is 8.42 Å². The van der Waals surface area contributed by atoms with Crippen LogP contribution in [0.15, 0.2) is 22.5 Å². The summed E-state index contributed by atoms with van der Waals surface area (Å²) in [4.78, 5) is 8.25. The highest BCUT2D eigenvalue weighted by Gasteiger charge is 2.23. The number of hydrogen-bond acceptors (Lipinski definition) is 5. The molecule has 0 aliphatic carbocycles. The van der Waals surface area contributed by atoms with Crippen molar-refractivity contribution >= 4 is 33.0 Å². The van der Waals surface area contributed by atoms with E-state index in [-0.39, 0.29) is 4.21 Å².